The highest BCUT2D eigenvalue weighted by Crippen LogP contribution is 2.37. The number of carbonyl (C=O) groups excluding carboxylic acids is 1. The van der Waals surface area contributed by atoms with Gasteiger partial charge in [-0.25, -0.2) is 0 Å². The van der Waals surface area contributed by atoms with E-state index in [0.29, 0.717) is 0 Å². The van der Waals surface area contributed by atoms with Crippen LogP contribution in [0.3, 0.4) is 0 Å². The Morgan fingerprint density at radius 2 is 2.00 bits per heavy atom. The summed E-state index contributed by atoms with van der Waals surface area (Å²) in [6.07, 6.45) is 4.77. The number of hydrogen-bond donors (Lipinski definition) is 0. The smallest absolute Gasteiger partial charge is 0.127 e. The van der Waals surface area contributed by atoms with Crippen molar-refractivity contribution in [3.05, 3.63) is 35.9 Å². The van der Waals surface area contributed by atoms with Gasteiger partial charge in [0.05, 0.1) is 0 Å². The minimum Gasteiger partial charge on any atom is -0.303 e. The van der Waals surface area contributed by atoms with Crippen LogP contribution in [0.4, 0.5) is 0 Å². The lowest BCUT2D eigenvalue weighted by Gasteiger charge is -2.08. The topological polar surface area (TPSA) is 17.1 Å². The first-order chi connectivity index (χ1) is 6.40. The van der Waals surface area contributed by atoms with Crippen molar-refractivity contribution in [1.82, 2.24) is 0 Å². The van der Waals surface area contributed by atoms with E-state index in [1.54, 1.807) is 0 Å². The van der Waals surface area contributed by atoms with Crippen LogP contribution in [0.15, 0.2) is 30.3 Å². The monoisotopic (exact) mass is 174 g/mol. The molecule has 1 heteroatoms. The Balaban J connectivity index is 2.06. The molecule has 1 atom stereocenters. The summed E-state index contributed by atoms with van der Waals surface area (Å²) < 4.78 is 0. The summed E-state index contributed by atoms with van der Waals surface area (Å²) in [5.41, 5.74) is 1.17. The van der Waals surface area contributed by atoms with Gasteiger partial charge in [-0.3, -0.25) is 0 Å². The molecule has 0 spiro atoms. The molecule has 0 heterocycles. The molecular weight excluding hydrogens is 160 g/mol. The van der Waals surface area contributed by atoms with E-state index in [1.165, 1.54) is 18.4 Å². The maximum Gasteiger partial charge on any atom is 0.127 e. The lowest BCUT2D eigenvalue weighted by molar-refractivity contribution is -0.109. The quantitative estimate of drug-likeness (QED) is 0.641. The van der Waals surface area contributed by atoms with Gasteiger partial charge in [0.2, 0.25) is 0 Å². The maximum atomic E-state index is 10.9. The standard InChI is InChI=1S/C12H14O/c13-9-12(8-10-6-7-10)11-4-2-1-3-5-11/h1-5,9-10,12H,6-8H2. The Kier molecular flexibility index (Phi) is 2.44. The average Bonchev–Trinajstić information content (AvgIpc) is 2.99. The Labute approximate surface area is 78.8 Å². The SMILES string of the molecule is O=CC(CC1CC1)c1ccccc1. The first-order valence-corrected chi connectivity index (χ1v) is 4.90. The Morgan fingerprint density at radius 1 is 1.31 bits per heavy atom. The van der Waals surface area contributed by atoms with Gasteiger partial charge in [0.1, 0.15) is 6.29 Å². The van der Waals surface area contributed by atoms with Crippen LogP contribution in [0.1, 0.15) is 30.7 Å². The van der Waals surface area contributed by atoms with Gasteiger partial charge in [0, 0.05) is 5.92 Å². The predicted octanol–water partition coefficient (Wildman–Crippen LogP) is 2.77. The third kappa shape index (κ3) is 2.18. The maximum absolute atomic E-state index is 10.9. The number of hydrogen-bond acceptors (Lipinski definition) is 1. The van der Waals surface area contributed by atoms with E-state index in [2.05, 4.69) is 0 Å². The summed E-state index contributed by atoms with van der Waals surface area (Å²) in [4.78, 5) is 10.9. The summed E-state index contributed by atoms with van der Waals surface area (Å²) >= 11 is 0. The molecule has 0 aromatic heterocycles. The van der Waals surface area contributed by atoms with Gasteiger partial charge >= 0.3 is 0 Å². The molecule has 68 valence electrons. The molecule has 1 aliphatic rings. The zero-order valence-electron chi connectivity index (χ0n) is 7.65. The molecule has 1 aromatic carbocycles. The van der Waals surface area contributed by atoms with Crippen molar-refractivity contribution in [2.45, 2.75) is 25.2 Å². The highest BCUT2D eigenvalue weighted by molar-refractivity contribution is 5.62. The Morgan fingerprint density at radius 3 is 2.54 bits per heavy atom. The fourth-order valence-electron chi connectivity index (χ4n) is 1.68. The van der Waals surface area contributed by atoms with E-state index in [4.69, 9.17) is 0 Å². The van der Waals surface area contributed by atoms with Crippen molar-refractivity contribution in [2.24, 2.45) is 5.92 Å². The predicted molar refractivity (Wildman–Crippen MR) is 52.6 cm³/mol. The van der Waals surface area contributed by atoms with Gasteiger partial charge in [-0.2, -0.15) is 0 Å². The molecule has 1 nitrogen and oxygen atoms in total. The number of rotatable bonds is 4. The summed E-state index contributed by atoms with van der Waals surface area (Å²) in [7, 11) is 0. The van der Waals surface area contributed by atoms with Crippen molar-refractivity contribution in [3.63, 3.8) is 0 Å². The molecule has 0 N–H and O–H groups in total. The number of carbonyl (C=O) groups is 1. The first kappa shape index (κ1) is 8.49. The zero-order chi connectivity index (χ0) is 9.10. The molecule has 2 rings (SSSR count). The van der Waals surface area contributed by atoms with E-state index in [-0.39, 0.29) is 5.92 Å². The second-order valence-electron chi connectivity index (χ2n) is 3.83. The van der Waals surface area contributed by atoms with Crippen molar-refractivity contribution >= 4 is 6.29 Å². The van der Waals surface area contributed by atoms with Gasteiger partial charge in [-0.1, -0.05) is 43.2 Å². The lowest BCUT2D eigenvalue weighted by atomic mass is 9.95. The highest BCUT2D eigenvalue weighted by Gasteiger charge is 2.25. The molecule has 1 aromatic rings. The molecule has 1 aliphatic carbocycles. The van der Waals surface area contributed by atoms with Crippen LogP contribution in [0.2, 0.25) is 0 Å². The van der Waals surface area contributed by atoms with Gasteiger partial charge in [-0.15, -0.1) is 0 Å². The second-order valence-corrected chi connectivity index (χ2v) is 3.83. The van der Waals surface area contributed by atoms with Crippen LogP contribution in [0, 0.1) is 5.92 Å². The largest absolute Gasteiger partial charge is 0.303 e. The molecule has 0 radical (unpaired) electrons. The minimum absolute atomic E-state index is 0.133. The van der Waals surface area contributed by atoms with Gasteiger partial charge in [-0.05, 0) is 17.9 Å². The summed E-state index contributed by atoms with van der Waals surface area (Å²) in [5, 5.41) is 0. The van der Waals surface area contributed by atoms with E-state index in [1.807, 2.05) is 30.3 Å². The number of benzene rings is 1. The van der Waals surface area contributed by atoms with Crippen LogP contribution in [0.5, 0.6) is 0 Å². The molecule has 0 bridgehead atoms. The molecule has 1 saturated carbocycles. The van der Waals surface area contributed by atoms with Gasteiger partial charge in [0.25, 0.3) is 0 Å². The third-order valence-corrected chi connectivity index (χ3v) is 2.68. The van der Waals surface area contributed by atoms with Crippen LogP contribution >= 0.6 is 0 Å². The Hall–Kier alpha value is -1.11. The van der Waals surface area contributed by atoms with Crippen molar-refractivity contribution in [1.29, 1.82) is 0 Å². The Bertz CT molecular complexity index is 274. The molecule has 0 amide bonds. The average molecular weight is 174 g/mol. The highest BCUT2D eigenvalue weighted by atomic mass is 16.1. The molecular formula is C12H14O. The van der Waals surface area contributed by atoms with E-state index >= 15 is 0 Å². The molecule has 1 unspecified atom stereocenters. The van der Waals surface area contributed by atoms with Crippen molar-refractivity contribution in [3.8, 4) is 0 Å². The zero-order valence-corrected chi connectivity index (χ0v) is 7.65. The fourth-order valence-corrected chi connectivity index (χ4v) is 1.68. The van der Waals surface area contributed by atoms with Crippen LogP contribution in [-0.2, 0) is 4.79 Å². The van der Waals surface area contributed by atoms with Crippen LogP contribution in [0.25, 0.3) is 0 Å². The third-order valence-electron chi connectivity index (χ3n) is 2.68. The molecule has 0 aliphatic heterocycles. The first-order valence-electron chi connectivity index (χ1n) is 4.90. The van der Waals surface area contributed by atoms with Crippen LogP contribution < -0.4 is 0 Å². The van der Waals surface area contributed by atoms with Gasteiger partial charge in [0.15, 0.2) is 0 Å². The fraction of sp³-hybridized carbons (Fsp3) is 0.417. The molecule has 13 heavy (non-hydrogen) atoms. The van der Waals surface area contributed by atoms with Crippen molar-refractivity contribution < 1.29 is 4.79 Å². The van der Waals surface area contributed by atoms with E-state index in [0.717, 1.165) is 18.6 Å². The molecule has 1 fully saturated rings. The lowest BCUT2D eigenvalue weighted by Crippen LogP contribution is -2.00. The molecule has 0 saturated heterocycles. The normalized spacial score (nSPS) is 18.2. The van der Waals surface area contributed by atoms with E-state index in [9.17, 15) is 4.79 Å². The van der Waals surface area contributed by atoms with Crippen LogP contribution in [-0.4, -0.2) is 6.29 Å². The number of aldehydes is 1. The summed E-state index contributed by atoms with van der Waals surface area (Å²) in [5.74, 6) is 0.948. The van der Waals surface area contributed by atoms with E-state index < -0.39 is 0 Å². The summed E-state index contributed by atoms with van der Waals surface area (Å²) in [6.45, 7) is 0. The summed E-state index contributed by atoms with van der Waals surface area (Å²) in [6, 6.07) is 10.1. The minimum atomic E-state index is 0.133. The van der Waals surface area contributed by atoms with Gasteiger partial charge < -0.3 is 4.79 Å². The second kappa shape index (κ2) is 3.73. The van der Waals surface area contributed by atoms with Crippen molar-refractivity contribution in [2.75, 3.05) is 0 Å².